The summed E-state index contributed by atoms with van der Waals surface area (Å²) in [5.74, 6) is -0.180. The maximum atomic E-state index is 13.2. The lowest BCUT2D eigenvalue weighted by Gasteiger charge is -2.26. The van der Waals surface area contributed by atoms with Crippen LogP contribution in [0, 0.1) is 0 Å². The summed E-state index contributed by atoms with van der Waals surface area (Å²) in [5, 5.41) is 2.88. The molecule has 2 aromatic rings. The number of amides is 1. The van der Waals surface area contributed by atoms with Gasteiger partial charge in [0.05, 0.1) is 20.3 Å². The zero-order chi connectivity index (χ0) is 23.1. The van der Waals surface area contributed by atoms with Crippen LogP contribution >= 0.6 is 0 Å². The summed E-state index contributed by atoms with van der Waals surface area (Å²) in [5.41, 5.74) is 2.00. The van der Waals surface area contributed by atoms with Crippen molar-refractivity contribution >= 4 is 21.6 Å². The first-order valence-electron chi connectivity index (χ1n) is 10.8. The number of ether oxygens (including phenoxy) is 2. The minimum Gasteiger partial charge on any atom is -0.495 e. The number of anilines is 1. The first-order chi connectivity index (χ1) is 15.4. The molecule has 1 heterocycles. The van der Waals surface area contributed by atoms with E-state index in [1.807, 2.05) is 24.3 Å². The number of nitrogens with one attached hydrogen (secondary N) is 1. The van der Waals surface area contributed by atoms with Gasteiger partial charge < -0.3 is 14.8 Å². The molecule has 0 unspecified atom stereocenters. The highest BCUT2D eigenvalue weighted by Gasteiger charge is 2.30. The van der Waals surface area contributed by atoms with Crippen LogP contribution in [-0.2, 0) is 21.3 Å². The normalized spacial score (nSPS) is 15.0. The molecule has 0 aliphatic carbocycles. The van der Waals surface area contributed by atoms with Gasteiger partial charge in [-0.25, -0.2) is 8.42 Å². The van der Waals surface area contributed by atoms with E-state index in [9.17, 15) is 13.2 Å². The molecule has 1 amide bonds. The molecular weight excluding hydrogens is 430 g/mol. The van der Waals surface area contributed by atoms with Gasteiger partial charge in [-0.05, 0) is 49.0 Å². The molecule has 1 fully saturated rings. The number of hydrogen-bond donors (Lipinski definition) is 1. The van der Waals surface area contributed by atoms with E-state index in [-0.39, 0.29) is 35.2 Å². The van der Waals surface area contributed by atoms with Gasteiger partial charge in [-0.3, -0.25) is 9.69 Å². The van der Waals surface area contributed by atoms with Crippen molar-refractivity contribution in [1.29, 1.82) is 0 Å². The van der Waals surface area contributed by atoms with E-state index in [0.29, 0.717) is 18.9 Å². The maximum absolute atomic E-state index is 13.2. The number of nitrogens with zero attached hydrogens (tertiary/aromatic N) is 2. The Hall–Kier alpha value is -2.46. The van der Waals surface area contributed by atoms with Crippen molar-refractivity contribution in [2.24, 2.45) is 0 Å². The second-order valence-electron chi connectivity index (χ2n) is 7.50. The first kappa shape index (κ1) is 24.2. The van der Waals surface area contributed by atoms with Crippen molar-refractivity contribution in [3.63, 3.8) is 0 Å². The van der Waals surface area contributed by atoms with Gasteiger partial charge in [-0.1, -0.05) is 26.0 Å². The highest BCUT2D eigenvalue weighted by molar-refractivity contribution is 7.89. The summed E-state index contributed by atoms with van der Waals surface area (Å²) in [6, 6.07) is 12.1. The number of rotatable bonds is 9. The smallest absolute Gasteiger partial charge is 0.255 e. The number of methoxy groups -OCH3 is 1. The van der Waals surface area contributed by atoms with Gasteiger partial charge in [0.2, 0.25) is 10.0 Å². The number of carbonyl (C=O) groups is 1. The van der Waals surface area contributed by atoms with Crippen LogP contribution in [0.15, 0.2) is 47.4 Å². The van der Waals surface area contributed by atoms with Crippen LogP contribution in [-0.4, -0.2) is 70.0 Å². The van der Waals surface area contributed by atoms with Gasteiger partial charge in [0, 0.05) is 30.9 Å². The molecule has 174 valence electrons. The van der Waals surface area contributed by atoms with E-state index in [2.05, 4.69) is 24.1 Å². The maximum Gasteiger partial charge on any atom is 0.255 e. The van der Waals surface area contributed by atoms with E-state index >= 15 is 0 Å². The Balaban J connectivity index is 1.83. The fourth-order valence-electron chi connectivity index (χ4n) is 3.60. The molecule has 3 rings (SSSR count). The van der Waals surface area contributed by atoms with E-state index < -0.39 is 10.0 Å². The van der Waals surface area contributed by atoms with Crippen LogP contribution in [0.2, 0.25) is 0 Å². The average Bonchev–Trinajstić information content (AvgIpc) is 2.82. The van der Waals surface area contributed by atoms with Crippen LogP contribution in [0.3, 0.4) is 0 Å². The molecule has 1 aliphatic heterocycles. The van der Waals surface area contributed by atoms with Gasteiger partial charge in [0.25, 0.3) is 5.91 Å². The molecular formula is C23H31N3O5S. The topological polar surface area (TPSA) is 88.2 Å². The number of carbonyl (C=O) groups excluding carboxylic acids is 1. The molecule has 0 spiro atoms. The number of morpholine rings is 1. The number of hydrogen-bond acceptors (Lipinski definition) is 6. The molecule has 9 heteroatoms. The first-order valence-corrected chi connectivity index (χ1v) is 12.2. The summed E-state index contributed by atoms with van der Waals surface area (Å²) in [4.78, 5) is 15.2. The van der Waals surface area contributed by atoms with Crippen molar-refractivity contribution in [1.82, 2.24) is 9.21 Å². The van der Waals surface area contributed by atoms with Gasteiger partial charge in [0.1, 0.15) is 10.6 Å². The second-order valence-corrected chi connectivity index (χ2v) is 9.40. The summed E-state index contributed by atoms with van der Waals surface area (Å²) in [6.45, 7) is 8.11. The van der Waals surface area contributed by atoms with Crippen molar-refractivity contribution in [2.75, 3.05) is 51.8 Å². The van der Waals surface area contributed by atoms with Crippen molar-refractivity contribution in [2.45, 2.75) is 25.3 Å². The Morgan fingerprint density at radius 1 is 1.12 bits per heavy atom. The Labute approximate surface area is 190 Å². The van der Waals surface area contributed by atoms with Crippen LogP contribution in [0.4, 0.5) is 5.69 Å². The number of sulfonamides is 1. The third-order valence-corrected chi connectivity index (χ3v) is 7.42. The van der Waals surface area contributed by atoms with Crippen LogP contribution in [0.5, 0.6) is 5.75 Å². The molecule has 0 saturated carbocycles. The molecule has 8 nitrogen and oxygen atoms in total. The lowest BCUT2D eigenvalue weighted by atomic mass is 10.1. The zero-order valence-corrected chi connectivity index (χ0v) is 19.7. The summed E-state index contributed by atoms with van der Waals surface area (Å²) in [6.07, 6.45) is 0. The van der Waals surface area contributed by atoms with Gasteiger partial charge in [-0.2, -0.15) is 4.31 Å². The Bertz CT molecular complexity index is 1030. The van der Waals surface area contributed by atoms with Crippen molar-refractivity contribution < 1.29 is 22.7 Å². The van der Waals surface area contributed by atoms with E-state index in [1.165, 1.54) is 23.5 Å². The quantitative estimate of drug-likeness (QED) is 0.618. The van der Waals surface area contributed by atoms with Gasteiger partial charge in [0.15, 0.2) is 0 Å². The predicted molar refractivity (Wildman–Crippen MR) is 124 cm³/mol. The molecule has 1 saturated heterocycles. The fourth-order valence-corrected chi connectivity index (χ4v) is 5.19. The molecule has 2 aromatic carbocycles. The fraction of sp³-hybridized carbons (Fsp3) is 0.435. The predicted octanol–water partition coefficient (Wildman–Crippen LogP) is 2.81. The Morgan fingerprint density at radius 2 is 1.84 bits per heavy atom. The third-order valence-electron chi connectivity index (χ3n) is 5.50. The number of benzene rings is 2. The Morgan fingerprint density at radius 3 is 2.50 bits per heavy atom. The standard InChI is InChI=1S/C23H31N3O5S/c1-4-25(5-2)17-18-7-6-8-20(15-18)24-23(27)19-9-10-21(30-3)22(16-19)32(28,29)26-11-13-31-14-12-26/h6-10,15-16H,4-5,11-14,17H2,1-3H3,(H,24,27). The lowest BCUT2D eigenvalue weighted by molar-refractivity contribution is 0.0729. The van der Waals surface area contributed by atoms with Crippen molar-refractivity contribution in [3.05, 3.63) is 53.6 Å². The van der Waals surface area contributed by atoms with Gasteiger partial charge in [-0.15, -0.1) is 0 Å². The summed E-state index contributed by atoms with van der Waals surface area (Å²) >= 11 is 0. The highest BCUT2D eigenvalue weighted by atomic mass is 32.2. The third kappa shape index (κ3) is 5.66. The molecule has 0 radical (unpaired) electrons. The molecule has 1 N–H and O–H groups in total. The van der Waals surface area contributed by atoms with E-state index in [1.54, 1.807) is 6.07 Å². The molecule has 0 aromatic heterocycles. The minimum atomic E-state index is -3.82. The van der Waals surface area contributed by atoms with Crippen LogP contribution < -0.4 is 10.1 Å². The lowest BCUT2D eigenvalue weighted by Crippen LogP contribution is -2.40. The zero-order valence-electron chi connectivity index (χ0n) is 18.8. The Kier molecular flexibility index (Phi) is 8.25. The second kappa shape index (κ2) is 10.9. The molecule has 0 bridgehead atoms. The SMILES string of the molecule is CCN(CC)Cc1cccc(NC(=O)c2ccc(OC)c(S(=O)(=O)N3CCOCC3)c2)c1. The van der Waals surface area contributed by atoms with E-state index in [4.69, 9.17) is 9.47 Å². The largest absolute Gasteiger partial charge is 0.495 e. The summed E-state index contributed by atoms with van der Waals surface area (Å²) in [7, 11) is -2.41. The van der Waals surface area contributed by atoms with E-state index in [0.717, 1.165) is 25.2 Å². The molecule has 32 heavy (non-hydrogen) atoms. The van der Waals surface area contributed by atoms with Crippen molar-refractivity contribution in [3.8, 4) is 5.75 Å². The minimum absolute atomic E-state index is 0.0233. The van der Waals surface area contributed by atoms with Crippen LogP contribution in [0.1, 0.15) is 29.8 Å². The molecule has 1 aliphatic rings. The average molecular weight is 462 g/mol. The highest BCUT2D eigenvalue weighted by Crippen LogP contribution is 2.29. The monoisotopic (exact) mass is 461 g/mol. The molecule has 0 atom stereocenters. The van der Waals surface area contributed by atoms with Crippen LogP contribution in [0.25, 0.3) is 0 Å². The van der Waals surface area contributed by atoms with Gasteiger partial charge >= 0.3 is 0 Å². The summed E-state index contributed by atoms with van der Waals surface area (Å²) < 4.78 is 38.2.